The number of carboxylic acid groups (broad SMARTS) is 1. The van der Waals surface area contributed by atoms with Crippen molar-refractivity contribution < 1.29 is 20.1 Å². The Balaban J connectivity index is 0. The number of allylic oxidation sites excluding steroid dienone is 2. The van der Waals surface area contributed by atoms with Gasteiger partial charge in [-0.3, -0.25) is 4.79 Å². The van der Waals surface area contributed by atoms with Gasteiger partial charge in [0.25, 0.3) is 0 Å². The highest BCUT2D eigenvalue weighted by Crippen LogP contribution is 2.20. The molecule has 30 heavy (non-hydrogen) atoms. The summed E-state index contributed by atoms with van der Waals surface area (Å²) in [7, 11) is 0. The van der Waals surface area contributed by atoms with E-state index in [2.05, 4.69) is 19.1 Å². The molecule has 0 amide bonds. The largest absolute Gasteiger partial charge is 0.481 e. The van der Waals surface area contributed by atoms with E-state index in [1.54, 1.807) is 13.8 Å². The minimum atomic E-state index is -0.768. The average molecular weight is 429 g/mol. The molecule has 3 N–H and O–H groups in total. The number of aliphatic hydroxyl groups is 2. The Hall–Kier alpha value is -0.870. The SMILES string of the molecule is CCC(O)C(C)C(C)(C)O.CCCCCCCC/C=C\CCCCCCCC(=O)O. The molecule has 2 atom stereocenters. The quantitative estimate of drug-likeness (QED) is 0.158. The lowest BCUT2D eigenvalue weighted by Crippen LogP contribution is -2.36. The van der Waals surface area contributed by atoms with Crippen molar-refractivity contribution in [3.8, 4) is 0 Å². The Bertz CT molecular complexity index is 398. The van der Waals surface area contributed by atoms with Crippen molar-refractivity contribution in [3.63, 3.8) is 0 Å². The molecule has 0 aliphatic carbocycles. The maximum absolute atomic E-state index is 10.3. The summed E-state index contributed by atoms with van der Waals surface area (Å²) in [5.74, 6) is -0.722. The minimum absolute atomic E-state index is 0.0579. The van der Waals surface area contributed by atoms with Gasteiger partial charge in [0.15, 0.2) is 0 Å². The molecule has 0 aromatic heterocycles. The number of rotatable bonds is 18. The molecule has 0 fully saturated rings. The second kappa shape index (κ2) is 21.4. The first-order chi connectivity index (χ1) is 14.2. The third-order valence-corrected chi connectivity index (χ3v) is 5.76. The zero-order chi connectivity index (χ0) is 23.3. The summed E-state index contributed by atoms with van der Waals surface area (Å²) in [5.41, 5.74) is -0.768. The monoisotopic (exact) mass is 428 g/mol. The fourth-order valence-corrected chi connectivity index (χ4v) is 3.17. The number of hydrogen-bond donors (Lipinski definition) is 3. The van der Waals surface area contributed by atoms with Crippen molar-refractivity contribution in [2.45, 2.75) is 143 Å². The number of carboxylic acids is 1. The molecule has 2 unspecified atom stereocenters. The molecule has 0 saturated carbocycles. The van der Waals surface area contributed by atoms with Gasteiger partial charge in [-0.1, -0.05) is 84.3 Å². The molecule has 0 aliphatic rings. The summed E-state index contributed by atoms with van der Waals surface area (Å²) in [6.45, 7) is 9.46. The van der Waals surface area contributed by atoms with E-state index in [0.717, 1.165) is 12.8 Å². The summed E-state index contributed by atoms with van der Waals surface area (Å²) in [6.07, 6.45) is 21.6. The molecule has 4 heteroatoms. The lowest BCUT2D eigenvalue weighted by atomic mass is 9.87. The Kier molecular flexibility index (Phi) is 22.3. The highest BCUT2D eigenvalue weighted by atomic mass is 16.4. The molecular weight excluding hydrogens is 376 g/mol. The van der Waals surface area contributed by atoms with Gasteiger partial charge in [-0.05, 0) is 52.4 Å². The van der Waals surface area contributed by atoms with Crippen LogP contribution in [0.3, 0.4) is 0 Å². The third-order valence-electron chi connectivity index (χ3n) is 5.76. The number of carbonyl (C=O) groups is 1. The van der Waals surface area contributed by atoms with E-state index in [1.165, 1.54) is 70.6 Å². The van der Waals surface area contributed by atoms with E-state index in [1.807, 2.05) is 13.8 Å². The maximum atomic E-state index is 10.3. The van der Waals surface area contributed by atoms with Crippen LogP contribution in [0.4, 0.5) is 0 Å². The fourth-order valence-electron chi connectivity index (χ4n) is 3.17. The van der Waals surface area contributed by atoms with Crippen molar-refractivity contribution in [2.24, 2.45) is 5.92 Å². The molecular formula is C26H52O4. The second-order valence-corrected chi connectivity index (χ2v) is 9.15. The number of aliphatic hydroxyl groups excluding tert-OH is 1. The zero-order valence-electron chi connectivity index (χ0n) is 20.7. The molecule has 0 saturated heterocycles. The molecule has 0 aliphatic heterocycles. The number of aliphatic carboxylic acids is 1. The summed E-state index contributed by atoms with van der Waals surface area (Å²) in [6, 6.07) is 0. The molecule has 0 radical (unpaired) electrons. The van der Waals surface area contributed by atoms with Crippen LogP contribution >= 0.6 is 0 Å². The summed E-state index contributed by atoms with van der Waals surface area (Å²) >= 11 is 0. The van der Waals surface area contributed by atoms with E-state index in [4.69, 9.17) is 5.11 Å². The van der Waals surface area contributed by atoms with E-state index in [9.17, 15) is 15.0 Å². The minimum Gasteiger partial charge on any atom is -0.481 e. The zero-order valence-corrected chi connectivity index (χ0v) is 20.7. The van der Waals surface area contributed by atoms with Crippen molar-refractivity contribution >= 4 is 5.97 Å². The number of hydrogen-bond acceptors (Lipinski definition) is 3. The smallest absolute Gasteiger partial charge is 0.303 e. The van der Waals surface area contributed by atoms with Gasteiger partial charge in [0.05, 0.1) is 11.7 Å². The van der Waals surface area contributed by atoms with Crippen LogP contribution in [0.15, 0.2) is 12.2 Å². The molecule has 0 heterocycles. The second-order valence-electron chi connectivity index (χ2n) is 9.15. The van der Waals surface area contributed by atoms with Gasteiger partial charge in [0.1, 0.15) is 0 Å². The average Bonchev–Trinajstić information content (AvgIpc) is 2.69. The molecule has 0 spiro atoms. The molecule has 0 bridgehead atoms. The van der Waals surface area contributed by atoms with Crippen LogP contribution in [0.5, 0.6) is 0 Å². The van der Waals surface area contributed by atoms with Crippen LogP contribution in [0, 0.1) is 5.92 Å². The maximum Gasteiger partial charge on any atom is 0.303 e. The van der Waals surface area contributed by atoms with Gasteiger partial charge < -0.3 is 15.3 Å². The van der Waals surface area contributed by atoms with Crippen LogP contribution in [-0.2, 0) is 4.79 Å². The summed E-state index contributed by atoms with van der Waals surface area (Å²) in [4.78, 5) is 10.3. The number of unbranched alkanes of at least 4 members (excludes halogenated alkanes) is 11. The molecule has 0 aromatic rings. The lowest BCUT2D eigenvalue weighted by molar-refractivity contribution is -0.137. The Morgan fingerprint density at radius 3 is 1.63 bits per heavy atom. The predicted octanol–water partition coefficient (Wildman–Crippen LogP) is 7.27. The van der Waals surface area contributed by atoms with Crippen molar-refractivity contribution in [1.29, 1.82) is 0 Å². The predicted molar refractivity (Wildman–Crippen MR) is 129 cm³/mol. The van der Waals surface area contributed by atoms with Crippen LogP contribution < -0.4 is 0 Å². The van der Waals surface area contributed by atoms with Crippen molar-refractivity contribution in [3.05, 3.63) is 12.2 Å². The first kappa shape index (κ1) is 31.3. The van der Waals surface area contributed by atoms with Gasteiger partial charge in [-0.2, -0.15) is 0 Å². The standard InChI is InChI=1S/C18H34O2.C8H18O2/c1-2-3-4-5-6-7-8-9-10-11-12-13-14-15-16-17-18(19)20;1-5-7(9)6(2)8(3,4)10/h9-10H,2-8,11-17H2,1H3,(H,19,20);6-7,9-10H,5H2,1-4H3/b10-9-;. The van der Waals surface area contributed by atoms with Gasteiger partial charge >= 0.3 is 5.97 Å². The van der Waals surface area contributed by atoms with Gasteiger partial charge in [0.2, 0.25) is 0 Å². The Morgan fingerprint density at radius 2 is 1.27 bits per heavy atom. The first-order valence-corrected chi connectivity index (χ1v) is 12.4. The molecule has 0 rings (SSSR count). The first-order valence-electron chi connectivity index (χ1n) is 12.4. The van der Waals surface area contributed by atoms with E-state index >= 15 is 0 Å². The summed E-state index contributed by atoms with van der Waals surface area (Å²) in [5, 5.41) is 27.2. The van der Waals surface area contributed by atoms with Gasteiger partial charge in [-0.15, -0.1) is 0 Å². The highest BCUT2D eigenvalue weighted by Gasteiger charge is 2.27. The van der Waals surface area contributed by atoms with Gasteiger partial charge in [-0.25, -0.2) is 0 Å². The van der Waals surface area contributed by atoms with Crippen LogP contribution in [0.25, 0.3) is 0 Å². The highest BCUT2D eigenvalue weighted by molar-refractivity contribution is 5.66. The Labute approximate surface area is 187 Å². The molecule has 180 valence electrons. The molecule has 4 nitrogen and oxygen atoms in total. The van der Waals surface area contributed by atoms with Crippen molar-refractivity contribution in [2.75, 3.05) is 0 Å². The molecule has 0 aromatic carbocycles. The van der Waals surface area contributed by atoms with E-state index < -0.39 is 11.6 Å². The van der Waals surface area contributed by atoms with E-state index in [0.29, 0.717) is 12.8 Å². The lowest BCUT2D eigenvalue weighted by Gasteiger charge is -2.29. The normalized spacial score (nSPS) is 13.7. The summed E-state index contributed by atoms with van der Waals surface area (Å²) < 4.78 is 0. The topological polar surface area (TPSA) is 77.8 Å². The van der Waals surface area contributed by atoms with Crippen LogP contribution in [-0.4, -0.2) is 33.0 Å². The third kappa shape index (κ3) is 23.4. The van der Waals surface area contributed by atoms with Gasteiger partial charge in [0, 0.05) is 12.3 Å². The van der Waals surface area contributed by atoms with E-state index in [-0.39, 0.29) is 12.0 Å². The van der Waals surface area contributed by atoms with Crippen LogP contribution in [0.1, 0.15) is 131 Å². The fraction of sp³-hybridized carbons (Fsp3) is 0.885. The van der Waals surface area contributed by atoms with Crippen molar-refractivity contribution in [1.82, 2.24) is 0 Å². The Morgan fingerprint density at radius 1 is 0.833 bits per heavy atom. The van der Waals surface area contributed by atoms with Crippen LogP contribution in [0.2, 0.25) is 0 Å².